The lowest BCUT2D eigenvalue weighted by Crippen LogP contribution is -2.14. The summed E-state index contributed by atoms with van der Waals surface area (Å²) in [5.74, 6) is -0.314. The molecule has 124 valence electrons. The van der Waals surface area contributed by atoms with E-state index >= 15 is 0 Å². The summed E-state index contributed by atoms with van der Waals surface area (Å²) < 4.78 is 0. The maximum absolute atomic E-state index is 12.2. The number of nitrogens with two attached hydrogens (primary N) is 1. The Morgan fingerprint density at radius 2 is 1.96 bits per heavy atom. The maximum atomic E-state index is 12.2. The Balaban J connectivity index is 2.13. The molecule has 2 aromatic rings. The molecule has 0 aliphatic carbocycles. The van der Waals surface area contributed by atoms with Crippen LogP contribution in [0.1, 0.15) is 27.1 Å². The smallest absolute Gasteiger partial charge is 0.235 e. The molecule has 2 heterocycles. The van der Waals surface area contributed by atoms with Crippen LogP contribution in [-0.4, -0.2) is 16.6 Å². The van der Waals surface area contributed by atoms with Gasteiger partial charge in [0.2, 0.25) is 5.91 Å². The number of nitrogens with zero attached hydrogens (tertiary/aromatic N) is 4. The zero-order chi connectivity index (χ0) is 18.6. The van der Waals surface area contributed by atoms with Gasteiger partial charge >= 0.3 is 0 Å². The molecule has 3 N–H and O–H groups in total. The molecular formula is C16H12N6OS2. The van der Waals surface area contributed by atoms with Gasteiger partial charge in [0.15, 0.2) is 0 Å². The lowest BCUT2D eigenvalue weighted by atomic mass is 10.2. The first-order valence-electron chi connectivity index (χ1n) is 6.94. The van der Waals surface area contributed by atoms with Gasteiger partial charge in [-0.05, 0) is 25.5 Å². The quantitative estimate of drug-likeness (QED) is 0.791. The largest absolute Gasteiger partial charge is 0.383 e. The summed E-state index contributed by atoms with van der Waals surface area (Å²) in [7, 11) is 0. The molecule has 0 fully saturated rings. The zero-order valence-electron chi connectivity index (χ0n) is 13.4. The van der Waals surface area contributed by atoms with Crippen molar-refractivity contribution in [1.82, 2.24) is 4.98 Å². The molecule has 0 saturated heterocycles. The highest BCUT2D eigenvalue weighted by Crippen LogP contribution is 2.32. The highest BCUT2D eigenvalue weighted by atomic mass is 32.2. The third kappa shape index (κ3) is 3.89. The van der Waals surface area contributed by atoms with Crippen LogP contribution < -0.4 is 11.1 Å². The van der Waals surface area contributed by atoms with Gasteiger partial charge in [-0.25, -0.2) is 4.98 Å². The summed E-state index contributed by atoms with van der Waals surface area (Å²) in [6.45, 7) is 3.71. The van der Waals surface area contributed by atoms with Gasteiger partial charge in [-0.1, -0.05) is 11.8 Å². The van der Waals surface area contributed by atoms with Gasteiger partial charge in [0.1, 0.15) is 34.1 Å². The number of amides is 1. The van der Waals surface area contributed by atoms with Crippen LogP contribution in [-0.2, 0) is 4.79 Å². The fourth-order valence-electron chi connectivity index (χ4n) is 1.94. The predicted molar refractivity (Wildman–Crippen MR) is 95.9 cm³/mol. The summed E-state index contributed by atoms with van der Waals surface area (Å²) in [5, 5.41) is 30.8. The van der Waals surface area contributed by atoms with Crippen LogP contribution in [0, 0.1) is 47.8 Å². The van der Waals surface area contributed by atoms with Crippen LogP contribution in [0.2, 0.25) is 0 Å². The lowest BCUT2D eigenvalue weighted by molar-refractivity contribution is -0.113. The SMILES string of the molecule is Cc1sc(NC(=O)CSc2nc(N)c(C#N)cc2C#N)c(C#N)c1C. The molecule has 9 heteroatoms. The van der Waals surface area contributed by atoms with Crippen molar-refractivity contribution >= 4 is 39.8 Å². The van der Waals surface area contributed by atoms with Crippen molar-refractivity contribution in [2.24, 2.45) is 0 Å². The molecule has 0 aliphatic rings. The molecule has 0 saturated carbocycles. The Bertz CT molecular complexity index is 974. The molecule has 1 amide bonds. The van der Waals surface area contributed by atoms with Crippen molar-refractivity contribution in [3.05, 3.63) is 33.2 Å². The standard InChI is InChI=1S/C16H12N6OS2/c1-8-9(2)25-16(12(8)6-19)21-13(23)7-24-15-11(5-18)3-10(4-17)14(20)22-15/h3H,7H2,1-2H3,(H2,20,22)(H,21,23). The van der Waals surface area contributed by atoms with E-state index < -0.39 is 0 Å². The number of pyridine rings is 1. The predicted octanol–water partition coefficient (Wildman–Crippen LogP) is 2.69. The van der Waals surface area contributed by atoms with Crippen LogP contribution in [0.25, 0.3) is 0 Å². The van der Waals surface area contributed by atoms with Crippen LogP contribution in [0.3, 0.4) is 0 Å². The number of carbonyl (C=O) groups is 1. The first-order chi connectivity index (χ1) is 11.9. The van der Waals surface area contributed by atoms with Crippen LogP contribution in [0.15, 0.2) is 11.1 Å². The molecule has 0 bridgehead atoms. The number of rotatable bonds is 4. The van der Waals surface area contributed by atoms with E-state index in [2.05, 4.69) is 16.4 Å². The second-order valence-corrected chi connectivity index (χ2v) is 7.12. The van der Waals surface area contributed by atoms with Gasteiger partial charge < -0.3 is 11.1 Å². The van der Waals surface area contributed by atoms with Gasteiger partial charge in [0.05, 0.1) is 22.4 Å². The van der Waals surface area contributed by atoms with Crippen molar-refractivity contribution in [3.63, 3.8) is 0 Å². The van der Waals surface area contributed by atoms with E-state index in [9.17, 15) is 10.1 Å². The van der Waals surface area contributed by atoms with Crippen molar-refractivity contribution in [1.29, 1.82) is 15.8 Å². The van der Waals surface area contributed by atoms with Gasteiger partial charge in [-0.2, -0.15) is 15.8 Å². The molecular weight excluding hydrogens is 356 g/mol. The molecule has 2 rings (SSSR count). The van der Waals surface area contributed by atoms with Crippen molar-refractivity contribution in [3.8, 4) is 18.2 Å². The molecule has 0 aliphatic heterocycles. The molecule has 0 radical (unpaired) electrons. The van der Waals surface area contributed by atoms with Crippen molar-refractivity contribution < 1.29 is 4.79 Å². The number of hydrogen-bond donors (Lipinski definition) is 2. The van der Waals surface area contributed by atoms with Crippen molar-refractivity contribution in [2.75, 3.05) is 16.8 Å². The minimum atomic E-state index is -0.323. The Labute approximate surface area is 152 Å². The van der Waals surface area contributed by atoms with E-state index in [0.29, 0.717) is 10.6 Å². The Hall–Kier alpha value is -3.06. The highest BCUT2D eigenvalue weighted by Gasteiger charge is 2.16. The highest BCUT2D eigenvalue weighted by molar-refractivity contribution is 8.00. The summed E-state index contributed by atoms with van der Waals surface area (Å²) in [6, 6.07) is 7.23. The van der Waals surface area contributed by atoms with Crippen LogP contribution in [0.4, 0.5) is 10.8 Å². The molecule has 0 aromatic carbocycles. The fourth-order valence-corrected chi connectivity index (χ4v) is 3.73. The maximum Gasteiger partial charge on any atom is 0.235 e. The first-order valence-corrected chi connectivity index (χ1v) is 8.74. The third-order valence-corrected chi connectivity index (χ3v) is 5.46. The van der Waals surface area contributed by atoms with Gasteiger partial charge in [0, 0.05) is 4.88 Å². The second-order valence-electron chi connectivity index (χ2n) is 4.93. The number of carbonyl (C=O) groups excluding carboxylic acids is 1. The monoisotopic (exact) mass is 368 g/mol. The van der Waals surface area contributed by atoms with E-state index in [1.54, 1.807) is 0 Å². The number of nitrogen functional groups attached to an aromatic ring is 1. The molecule has 7 nitrogen and oxygen atoms in total. The van der Waals surface area contributed by atoms with Gasteiger partial charge in [-0.3, -0.25) is 4.79 Å². The van der Waals surface area contributed by atoms with E-state index in [-0.39, 0.29) is 33.6 Å². The molecule has 0 unspecified atom stereocenters. The summed E-state index contributed by atoms with van der Waals surface area (Å²) in [5.41, 5.74) is 7.26. The minimum Gasteiger partial charge on any atom is -0.383 e. The van der Waals surface area contributed by atoms with E-state index in [1.165, 1.54) is 17.4 Å². The topological polar surface area (TPSA) is 139 Å². The molecule has 2 aromatic heterocycles. The van der Waals surface area contributed by atoms with Crippen molar-refractivity contribution in [2.45, 2.75) is 18.9 Å². The van der Waals surface area contributed by atoms with E-state index in [0.717, 1.165) is 22.2 Å². The Morgan fingerprint density at radius 3 is 2.56 bits per heavy atom. The number of nitrogens with one attached hydrogen (secondary N) is 1. The minimum absolute atomic E-state index is 0.00607. The Morgan fingerprint density at radius 1 is 1.28 bits per heavy atom. The summed E-state index contributed by atoms with van der Waals surface area (Å²) in [6.07, 6.45) is 0. The number of thioether (sulfide) groups is 1. The number of aryl methyl sites for hydroxylation is 1. The second kappa shape index (κ2) is 7.67. The lowest BCUT2D eigenvalue weighted by Gasteiger charge is -2.06. The number of aromatic nitrogens is 1. The van der Waals surface area contributed by atoms with Crippen LogP contribution >= 0.6 is 23.1 Å². The van der Waals surface area contributed by atoms with Gasteiger partial charge in [0.25, 0.3) is 0 Å². The molecule has 25 heavy (non-hydrogen) atoms. The fraction of sp³-hybridized carbons (Fsp3) is 0.188. The average Bonchev–Trinajstić information content (AvgIpc) is 2.86. The summed E-state index contributed by atoms with van der Waals surface area (Å²) >= 11 is 2.39. The van der Waals surface area contributed by atoms with Crippen LogP contribution in [0.5, 0.6) is 0 Å². The number of nitriles is 3. The van der Waals surface area contributed by atoms with Gasteiger partial charge in [-0.15, -0.1) is 11.3 Å². The first kappa shape index (κ1) is 18.3. The molecule has 0 spiro atoms. The normalized spacial score (nSPS) is 9.72. The summed E-state index contributed by atoms with van der Waals surface area (Å²) in [4.78, 5) is 17.1. The average molecular weight is 368 g/mol. The number of thiophene rings is 1. The Kier molecular flexibility index (Phi) is 5.61. The molecule has 0 atom stereocenters. The third-order valence-electron chi connectivity index (χ3n) is 3.35. The van der Waals surface area contributed by atoms with E-state index in [1.807, 2.05) is 26.0 Å². The number of hydrogen-bond acceptors (Lipinski definition) is 8. The van der Waals surface area contributed by atoms with E-state index in [4.69, 9.17) is 16.3 Å². The zero-order valence-corrected chi connectivity index (χ0v) is 15.0. The number of anilines is 2.